The summed E-state index contributed by atoms with van der Waals surface area (Å²) >= 11 is 0. The van der Waals surface area contributed by atoms with Gasteiger partial charge in [0.05, 0.1) is 7.11 Å². The van der Waals surface area contributed by atoms with E-state index in [1.807, 2.05) is 6.92 Å². The first-order valence-electron chi connectivity index (χ1n) is 4.03. The van der Waals surface area contributed by atoms with Gasteiger partial charge < -0.3 is 10.5 Å². The van der Waals surface area contributed by atoms with Crippen molar-refractivity contribution in [2.75, 3.05) is 7.11 Å². The lowest BCUT2D eigenvalue weighted by Gasteiger charge is -2.06. The lowest BCUT2D eigenvalue weighted by atomic mass is 10.1. The summed E-state index contributed by atoms with van der Waals surface area (Å²) in [5.41, 5.74) is 5.65. The Bertz CT molecular complexity index is 115. The summed E-state index contributed by atoms with van der Waals surface area (Å²) in [4.78, 5) is 10.6. The van der Waals surface area contributed by atoms with Crippen LogP contribution in [0.2, 0.25) is 0 Å². The maximum absolute atomic E-state index is 10.6. The molecule has 2 N–H and O–H groups in total. The molecule has 0 saturated heterocycles. The van der Waals surface area contributed by atoms with Crippen molar-refractivity contribution in [2.24, 2.45) is 5.73 Å². The SMILES string of the molecule is CC[C@@H](N)CCCC(=O)OC. The topological polar surface area (TPSA) is 52.3 Å². The van der Waals surface area contributed by atoms with Crippen molar-refractivity contribution >= 4 is 5.97 Å². The maximum atomic E-state index is 10.6. The molecule has 0 rings (SSSR count). The van der Waals surface area contributed by atoms with E-state index in [-0.39, 0.29) is 12.0 Å². The zero-order chi connectivity index (χ0) is 8.69. The van der Waals surface area contributed by atoms with Gasteiger partial charge in [0, 0.05) is 12.5 Å². The summed E-state index contributed by atoms with van der Waals surface area (Å²) in [6.07, 6.45) is 3.21. The van der Waals surface area contributed by atoms with E-state index < -0.39 is 0 Å². The molecule has 0 aliphatic carbocycles. The minimum Gasteiger partial charge on any atom is -0.469 e. The summed E-state index contributed by atoms with van der Waals surface area (Å²) in [7, 11) is 1.40. The largest absolute Gasteiger partial charge is 0.469 e. The lowest BCUT2D eigenvalue weighted by molar-refractivity contribution is -0.140. The number of ether oxygens (including phenoxy) is 1. The number of hydrogen-bond acceptors (Lipinski definition) is 3. The highest BCUT2D eigenvalue weighted by Gasteiger charge is 2.02. The molecule has 0 heterocycles. The Balaban J connectivity index is 3.20. The van der Waals surface area contributed by atoms with E-state index >= 15 is 0 Å². The molecular formula is C8H17NO2. The van der Waals surface area contributed by atoms with Crippen LogP contribution in [-0.4, -0.2) is 19.1 Å². The minimum absolute atomic E-state index is 0.145. The smallest absolute Gasteiger partial charge is 0.305 e. The van der Waals surface area contributed by atoms with Gasteiger partial charge in [-0.2, -0.15) is 0 Å². The van der Waals surface area contributed by atoms with Crippen LogP contribution in [0.3, 0.4) is 0 Å². The van der Waals surface area contributed by atoms with Crippen LogP contribution in [-0.2, 0) is 9.53 Å². The number of rotatable bonds is 5. The van der Waals surface area contributed by atoms with E-state index in [9.17, 15) is 4.79 Å². The zero-order valence-electron chi connectivity index (χ0n) is 7.30. The quantitative estimate of drug-likeness (QED) is 0.610. The van der Waals surface area contributed by atoms with Gasteiger partial charge in [0.15, 0.2) is 0 Å². The van der Waals surface area contributed by atoms with E-state index in [2.05, 4.69) is 4.74 Å². The second-order valence-corrected chi connectivity index (χ2v) is 2.64. The maximum Gasteiger partial charge on any atom is 0.305 e. The predicted octanol–water partition coefficient (Wildman–Crippen LogP) is 1.07. The van der Waals surface area contributed by atoms with Gasteiger partial charge in [-0.15, -0.1) is 0 Å². The van der Waals surface area contributed by atoms with Crippen LogP contribution in [0.4, 0.5) is 0 Å². The number of esters is 1. The molecule has 0 bridgehead atoms. The third-order valence-corrected chi connectivity index (χ3v) is 1.71. The molecule has 0 aliphatic rings. The monoisotopic (exact) mass is 159 g/mol. The molecule has 0 aromatic carbocycles. The summed E-state index contributed by atoms with van der Waals surface area (Å²) in [6.45, 7) is 2.04. The Morgan fingerprint density at radius 1 is 1.64 bits per heavy atom. The van der Waals surface area contributed by atoms with Crippen molar-refractivity contribution in [3.63, 3.8) is 0 Å². The molecule has 0 saturated carbocycles. The van der Waals surface area contributed by atoms with Crippen LogP contribution in [0.1, 0.15) is 32.6 Å². The first-order valence-corrected chi connectivity index (χ1v) is 4.03. The summed E-state index contributed by atoms with van der Waals surface area (Å²) < 4.78 is 4.49. The Kier molecular flexibility index (Phi) is 5.84. The van der Waals surface area contributed by atoms with E-state index in [1.165, 1.54) is 7.11 Å². The van der Waals surface area contributed by atoms with Crippen molar-refractivity contribution in [1.29, 1.82) is 0 Å². The predicted molar refractivity (Wildman–Crippen MR) is 44.1 cm³/mol. The van der Waals surface area contributed by atoms with E-state index in [1.54, 1.807) is 0 Å². The lowest BCUT2D eigenvalue weighted by Crippen LogP contribution is -2.18. The molecular weight excluding hydrogens is 142 g/mol. The number of nitrogens with two attached hydrogens (primary N) is 1. The van der Waals surface area contributed by atoms with Crippen molar-refractivity contribution in [3.8, 4) is 0 Å². The average molecular weight is 159 g/mol. The standard InChI is InChI=1S/C8H17NO2/c1-3-7(9)5-4-6-8(10)11-2/h7H,3-6,9H2,1-2H3/t7-/m1/s1. The van der Waals surface area contributed by atoms with Gasteiger partial charge in [-0.25, -0.2) is 0 Å². The van der Waals surface area contributed by atoms with Gasteiger partial charge in [0.1, 0.15) is 0 Å². The Morgan fingerprint density at radius 2 is 2.27 bits per heavy atom. The highest BCUT2D eigenvalue weighted by molar-refractivity contribution is 5.68. The van der Waals surface area contributed by atoms with Crippen LogP contribution in [0.15, 0.2) is 0 Å². The highest BCUT2D eigenvalue weighted by Crippen LogP contribution is 2.02. The van der Waals surface area contributed by atoms with Crippen LogP contribution < -0.4 is 5.73 Å². The highest BCUT2D eigenvalue weighted by atomic mass is 16.5. The third-order valence-electron chi connectivity index (χ3n) is 1.71. The van der Waals surface area contributed by atoms with Crippen LogP contribution in [0.5, 0.6) is 0 Å². The molecule has 0 fully saturated rings. The van der Waals surface area contributed by atoms with Gasteiger partial charge in [-0.3, -0.25) is 4.79 Å². The number of carbonyl (C=O) groups excluding carboxylic acids is 1. The van der Waals surface area contributed by atoms with Gasteiger partial charge in [-0.1, -0.05) is 6.92 Å². The summed E-state index contributed by atoms with van der Waals surface area (Å²) in [6, 6.07) is 0.236. The molecule has 0 unspecified atom stereocenters. The molecule has 0 amide bonds. The first kappa shape index (κ1) is 10.4. The number of carbonyl (C=O) groups is 1. The average Bonchev–Trinajstić information content (AvgIpc) is 2.04. The first-order chi connectivity index (χ1) is 5.20. The van der Waals surface area contributed by atoms with Crippen molar-refractivity contribution < 1.29 is 9.53 Å². The summed E-state index contributed by atoms with van der Waals surface area (Å²) in [5.74, 6) is -0.145. The molecule has 0 spiro atoms. The van der Waals surface area contributed by atoms with Crippen LogP contribution in [0.25, 0.3) is 0 Å². The fourth-order valence-electron chi connectivity index (χ4n) is 0.815. The van der Waals surface area contributed by atoms with Crippen LogP contribution >= 0.6 is 0 Å². The van der Waals surface area contributed by atoms with Crippen LogP contribution in [0, 0.1) is 0 Å². The Hall–Kier alpha value is -0.570. The van der Waals surface area contributed by atoms with E-state index in [4.69, 9.17) is 5.73 Å². The molecule has 0 radical (unpaired) electrons. The van der Waals surface area contributed by atoms with Crippen molar-refractivity contribution in [1.82, 2.24) is 0 Å². The second-order valence-electron chi connectivity index (χ2n) is 2.64. The van der Waals surface area contributed by atoms with Crippen molar-refractivity contribution in [3.05, 3.63) is 0 Å². The van der Waals surface area contributed by atoms with Gasteiger partial charge in [0.25, 0.3) is 0 Å². The molecule has 3 nitrogen and oxygen atoms in total. The zero-order valence-corrected chi connectivity index (χ0v) is 7.30. The van der Waals surface area contributed by atoms with E-state index in [0.29, 0.717) is 6.42 Å². The Morgan fingerprint density at radius 3 is 2.73 bits per heavy atom. The Labute approximate surface area is 67.9 Å². The molecule has 0 aromatic heterocycles. The molecule has 3 heteroatoms. The van der Waals surface area contributed by atoms with Gasteiger partial charge in [-0.05, 0) is 19.3 Å². The number of methoxy groups -OCH3 is 1. The molecule has 11 heavy (non-hydrogen) atoms. The fourth-order valence-corrected chi connectivity index (χ4v) is 0.815. The molecule has 66 valence electrons. The fraction of sp³-hybridized carbons (Fsp3) is 0.875. The van der Waals surface area contributed by atoms with Crippen molar-refractivity contribution in [2.45, 2.75) is 38.6 Å². The van der Waals surface area contributed by atoms with Gasteiger partial charge >= 0.3 is 5.97 Å². The summed E-state index contributed by atoms with van der Waals surface area (Å²) in [5, 5.41) is 0. The molecule has 1 atom stereocenters. The number of hydrogen-bond donors (Lipinski definition) is 1. The van der Waals surface area contributed by atoms with E-state index in [0.717, 1.165) is 19.3 Å². The third kappa shape index (κ3) is 5.85. The minimum atomic E-state index is -0.145. The second kappa shape index (κ2) is 6.16. The van der Waals surface area contributed by atoms with Gasteiger partial charge in [0.2, 0.25) is 0 Å². The molecule has 0 aliphatic heterocycles. The normalized spacial score (nSPS) is 12.6. The molecule has 0 aromatic rings.